The zero-order chi connectivity index (χ0) is 31.9. The molecule has 0 saturated carbocycles. The molecule has 0 aromatic heterocycles. The molecule has 2 aromatic rings. The van der Waals surface area contributed by atoms with Gasteiger partial charge in [-0.25, -0.2) is 0 Å². The predicted octanol–water partition coefficient (Wildman–Crippen LogP) is 6.95. The zero-order valence-electron chi connectivity index (χ0n) is 26.8. The Bertz CT molecular complexity index is 1130. The third-order valence-electron chi connectivity index (χ3n) is 6.35. The van der Waals surface area contributed by atoms with Crippen LogP contribution in [0.4, 0.5) is 0 Å². The van der Waals surface area contributed by atoms with E-state index in [1.165, 1.54) is 0 Å². The van der Waals surface area contributed by atoms with Gasteiger partial charge in [0.15, 0.2) is 0 Å². The summed E-state index contributed by atoms with van der Waals surface area (Å²) >= 11 is 0. The van der Waals surface area contributed by atoms with Crippen LogP contribution in [0.3, 0.4) is 0 Å². The van der Waals surface area contributed by atoms with Gasteiger partial charge in [0.25, 0.3) is 0 Å². The fourth-order valence-corrected chi connectivity index (χ4v) is 5.65. The molecule has 0 aliphatic heterocycles. The van der Waals surface area contributed by atoms with Crippen LogP contribution in [0.5, 0.6) is 11.5 Å². The Hall–Kier alpha value is -0.400. The number of phenolic OH excluding ortho intramolecular Hbond substituents is 2. The van der Waals surface area contributed by atoms with Gasteiger partial charge in [-0.05, 0) is 55.0 Å². The first-order valence-corrected chi connectivity index (χ1v) is 16.9. The fourth-order valence-electron chi connectivity index (χ4n) is 4.33. The Balaban J connectivity index is 0.000000762. The number of aromatic hydroxyl groups is 2. The summed E-state index contributed by atoms with van der Waals surface area (Å²) in [5, 5.41) is 21.0. The molecule has 2 radical (unpaired) electrons. The fraction of sp³-hybridized carbons (Fsp3) is 0.600. The van der Waals surface area contributed by atoms with Gasteiger partial charge in [0.05, 0.1) is 12.3 Å². The molecule has 0 atom stereocenters. The van der Waals surface area contributed by atoms with Crippen LogP contribution in [0.2, 0.25) is 0 Å². The minimum absolute atomic E-state index is 0. The molecular formula is C30H50CaO8P2. The summed E-state index contributed by atoms with van der Waals surface area (Å²) in [7, 11) is -8.26. The molecule has 0 saturated heterocycles. The van der Waals surface area contributed by atoms with Crippen LogP contribution in [-0.2, 0) is 43.1 Å². The molecule has 230 valence electrons. The zero-order valence-corrected chi connectivity index (χ0v) is 30.8. The van der Waals surface area contributed by atoms with Crippen LogP contribution >= 0.6 is 15.2 Å². The van der Waals surface area contributed by atoms with Crippen LogP contribution in [-0.4, -0.2) is 67.5 Å². The molecule has 0 amide bonds. The Morgan fingerprint density at radius 2 is 0.659 bits per heavy atom. The van der Waals surface area contributed by atoms with E-state index in [0.29, 0.717) is 33.4 Å². The van der Waals surface area contributed by atoms with Crippen molar-refractivity contribution in [2.45, 2.75) is 117 Å². The Morgan fingerprint density at radius 1 is 0.488 bits per heavy atom. The number of hydrogen-bond acceptors (Lipinski definition) is 4. The molecule has 2 rings (SSSR count). The van der Waals surface area contributed by atoms with E-state index in [1.807, 2.05) is 83.1 Å². The molecule has 2 aromatic carbocycles. The van der Waals surface area contributed by atoms with Crippen LogP contribution < -0.4 is 0 Å². The smallest absolute Gasteiger partial charge is 0.329 e. The van der Waals surface area contributed by atoms with Crippen molar-refractivity contribution in [1.29, 1.82) is 0 Å². The van der Waals surface area contributed by atoms with E-state index in [4.69, 9.17) is 0 Å². The van der Waals surface area contributed by atoms with Crippen molar-refractivity contribution in [3.8, 4) is 11.5 Å². The molecule has 11 heteroatoms. The number of hydrogen-bond donors (Lipinski definition) is 6. The summed E-state index contributed by atoms with van der Waals surface area (Å²) in [6.45, 7) is 23.6. The van der Waals surface area contributed by atoms with E-state index in [-0.39, 0.29) is 83.2 Å². The second-order valence-electron chi connectivity index (χ2n) is 14.7. The standard InChI is InChI=1S/2C15H25O4P.Ca/c2*1-14(2,3)11-7-10(9-20(17,18)19)8-12(13(11)16)15(4,5)6;/h2*7-8,16H,9H2,1-6H3,(H2,17,18,19);. The summed E-state index contributed by atoms with van der Waals surface area (Å²) in [6, 6.07) is 6.79. The summed E-state index contributed by atoms with van der Waals surface area (Å²) in [5.41, 5.74) is 2.80. The second-order valence-corrected chi connectivity index (χ2v) is 18.0. The normalized spacial score (nSPS) is 13.3. The van der Waals surface area contributed by atoms with E-state index >= 15 is 0 Å². The van der Waals surface area contributed by atoms with Crippen molar-refractivity contribution >= 4 is 52.9 Å². The maximum Gasteiger partial charge on any atom is 0.329 e. The van der Waals surface area contributed by atoms with E-state index < -0.39 is 15.2 Å². The quantitative estimate of drug-likeness (QED) is 0.155. The molecule has 8 nitrogen and oxygen atoms in total. The van der Waals surface area contributed by atoms with Crippen LogP contribution in [0.25, 0.3) is 0 Å². The van der Waals surface area contributed by atoms with Crippen LogP contribution in [0.1, 0.15) is 116 Å². The largest absolute Gasteiger partial charge is 0.507 e. The van der Waals surface area contributed by atoms with Crippen molar-refractivity contribution in [3.63, 3.8) is 0 Å². The van der Waals surface area contributed by atoms with E-state index in [2.05, 4.69) is 0 Å². The SMILES string of the molecule is CC(C)(C)c1cc(CP(=O)(O)O)cc(C(C)(C)C)c1O.CC(C)(C)c1cc(CP(=O)(O)O)cc(C(C)(C)C)c1O.[Ca]. The van der Waals surface area contributed by atoms with Gasteiger partial charge in [-0.15, -0.1) is 0 Å². The summed E-state index contributed by atoms with van der Waals surface area (Å²) < 4.78 is 22.5. The van der Waals surface area contributed by atoms with Gasteiger partial charge in [0.2, 0.25) is 0 Å². The van der Waals surface area contributed by atoms with Crippen LogP contribution in [0, 0.1) is 0 Å². The van der Waals surface area contributed by atoms with Gasteiger partial charge in [-0.3, -0.25) is 9.13 Å². The van der Waals surface area contributed by atoms with Gasteiger partial charge in [0, 0.05) is 37.7 Å². The van der Waals surface area contributed by atoms with Gasteiger partial charge >= 0.3 is 15.2 Å². The van der Waals surface area contributed by atoms with Gasteiger partial charge in [0.1, 0.15) is 11.5 Å². The first-order chi connectivity index (χ1) is 17.4. The molecule has 0 unspecified atom stereocenters. The molecule has 0 aliphatic carbocycles. The topological polar surface area (TPSA) is 156 Å². The Labute approximate surface area is 276 Å². The maximum absolute atomic E-state index is 11.2. The molecule has 0 aliphatic rings. The predicted molar refractivity (Wildman–Crippen MR) is 168 cm³/mol. The van der Waals surface area contributed by atoms with Crippen molar-refractivity contribution in [2.75, 3.05) is 0 Å². The van der Waals surface area contributed by atoms with Gasteiger partial charge in [-0.2, -0.15) is 0 Å². The van der Waals surface area contributed by atoms with Crippen molar-refractivity contribution in [2.24, 2.45) is 0 Å². The van der Waals surface area contributed by atoms with E-state index in [0.717, 1.165) is 0 Å². The average molecular weight is 641 g/mol. The first-order valence-electron chi connectivity index (χ1n) is 13.3. The number of benzene rings is 2. The minimum atomic E-state index is -4.13. The molecule has 0 heterocycles. The van der Waals surface area contributed by atoms with Gasteiger partial charge in [-0.1, -0.05) is 107 Å². The molecular weight excluding hydrogens is 590 g/mol. The number of phenols is 2. The molecule has 41 heavy (non-hydrogen) atoms. The molecule has 6 N–H and O–H groups in total. The third-order valence-corrected chi connectivity index (χ3v) is 7.90. The third kappa shape index (κ3) is 13.0. The summed E-state index contributed by atoms with van der Waals surface area (Å²) in [4.78, 5) is 36.7. The summed E-state index contributed by atoms with van der Waals surface area (Å²) in [6.07, 6.45) is -0.612. The number of rotatable bonds is 4. The first kappa shape index (κ1) is 40.6. The van der Waals surface area contributed by atoms with Crippen molar-refractivity contribution in [3.05, 3.63) is 57.6 Å². The van der Waals surface area contributed by atoms with E-state index in [9.17, 15) is 38.9 Å². The van der Waals surface area contributed by atoms with Crippen molar-refractivity contribution in [1.82, 2.24) is 0 Å². The Morgan fingerprint density at radius 3 is 0.780 bits per heavy atom. The Kier molecular flexibility index (Phi) is 13.6. The second kappa shape index (κ2) is 13.7. The monoisotopic (exact) mass is 640 g/mol. The average Bonchev–Trinajstić information content (AvgIpc) is 2.65. The maximum atomic E-state index is 11.2. The minimum Gasteiger partial charge on any atom is -0.507 e. The van der Waals surface area contributed by atoms with Crippen LogP contribution in [0.15, 0.2) is 24.3 Å². The van der Waals surface area contributed by atoms with E-state index in [1.54, 1.807) is 24.3 Å². The van der Waals surface area contributed by atoms with Crippen molar-refractivity contribution < 1.29 is 38.9 Å². The van der Waals surface area contributed by atoms with Gasteiger partial charge < -0.3 is 29.8 Å². The summed E-state index contributed by atoms with van der Waals surface area (Å²) in [5.74, 6) is 0.443. The molecule has 0 fully saturated rings. The molecule has 0 spiro atoms. The molecule has 0 bridgehead atoms.